The van der Waals surface area contributed by atoms with Gasteiger partial charge in [-0.3, -0.25) is 4.79 Å². The van der Waals surface area contributed by atoms with E-state index in [1.807, 2.05) is 36.4 Å². The van der Waals surface area contributed by atoms with Crippen LogP contribution in [-0.4, -0.2) is 10.9 Å². The van der Waals surface area contributed by atoms with E-state index in [2.05, 4.69) is 24.1 Å². The fourth-order valence-electron chi connectivity index (χ4n) is 1.88. The van der Waals surface area contributed by atoms with Gasteiger partial charge in [-0.2, -0.15) is 5.26 Å². The van der Waals surface area contributed by atoms with Gasteiger partial charge in [-0.25, -0.2) is 4.98 Å². The molecule has 0 saturated heterocycles. The van der Waals surface area contributed by atoms with Crippen LogP contribution in [0.1, 0.15) is 38.5 Å². The molecule has 114 valence electrons. The third-order valence-corrected chi connectivity index (χ3v) is 4.56. The predicted molar refractivity (Wildman–Crippen MR) is 89.7 cm³/mol. The second-order valence-corrected chi connectivity index (χ2v) is 6.97. The van der Waals surface area contributed by atoms with Crippen molar-refractivity contribution in [3.63, 3.8) is 0 Å². The SMILES string of the molecule is CC(C)c1sc(NC(=O)C(C)(C)C#N)nc1-c1ccccc1. The maximum Gasteiger partial charge on any atom is 0.246 e. The number of thiazole rings is 1. The number of carbonyl (C=O) groups is 1. The summed E-state index contributed by atoms with van der Waals surface area (Å²) in [7, 11) is 0. The van der Waals surface area contributed by atoms with Crippen LogP contribution in [0, 0.1) is 16.7 Å². The zero-order valence-electron chi connectivity index (χ0n) is 13.2. The quantitative estimate of drug-likeness (QED) is 0.908. The molecule has 5 heteroatoms. The van der Waals surface area contributed by atoms with Crippen LogP contribution in [0.2, 0.25) is 0 Å². The summed E-state index contributed by atoms with van der Waals surface area (Å²) < 4.78 is 0. The summed E-state index contributed by atoms with van der Waals surface area (Å²) in [6.07, 6.45) is 0. The lowest BCUT2D eigenvalue weighted by atomic mass is 9.95. The number of nitrogens with zero attached hydrogens (tertiary/aromatic N) is 2. The highest BCUT2D eigenvalue weighted by Gasteiger charge is 2.28. The third kappa shape index (κ3) is 3.34. The summed E-state index contributed by atoms with van der Waals surface area (Å²) in [6.45, 7) is 7.39. The van der Waals surface area contributed by atoms with Crippen LogP contribution in [-0.2, 0) is 4.79 Å². The predicted octanol–water partition coefficient (Wildman–Crippen LogP) is 4.42. The molecule has 0 bridgehead atoms. The van der Waals surface area contributed by atoms with Gasteiger partial charge in [-0.1, -0.05) is 44.2 Å². The van der Waals surface area contributed by atoms with Crippen molar-refractivity contribution in [2.45, 2.75) is 33.6 Å². The largest absolute Gasteiger partial charge is 0.301 e. The van der Waals surface area contributed by atoms with Crippen LogP contribution < -0.4 is 5.32 Å². The van der Waals surface area contributed by atoms with Crippen LogP contribution >= 0.6 is 11.3 Å². The number of nitriles is 1. The van der Waals surface area contributed by atoms with Crippen LogP contribution in [0.3, 0.4) is 0 Å². The van der Waals surface area contributed by atoms with E-state index in [0.717, 1.165) is 16.1 Å². The van der Waals surface area contributed by atoms with E-state index in [0.29, 0.717) is 11.0 Å². The van der Waals surface area contributed by atoms with E-state index < -0.39 is 5.41 Å². The first-order chi connectivity index (χ1) is 10.3. The number of hydrogen-bond donors (Lipinski definition) is 1. The minimum atomic E-state index is -1.07. The molecule has 1 aromatic heterocycles. The van der Waals surface area contributed by atoms with Gasteiger partial charge in [0.15, 0.2) is 5.13 Å². The van der Waals surface area contributed by atoms with Gasteiger partial charge in [0.2, 0.25) is 5.91 Å². The average molecular weight is 313 g/mol. The Kier molecular flexibility index (Phi) is 4.62. The van der Waals surface area contributed by atoms with Crippen molar-refractivity contribution in [3.8, 4) is 17.3 Å². The van der Waals surface area contributed by atoms with E-state index in [-0.39, 0.29) is 5.91 Å². The van der Waals surface area contributed by atoms with Crippen molar-refractivity contribution in [1.82, 2.24) is 4.98 Å². The zero-order chi connectivity index (χ0) is 16.3. The molecular weight excluding hydrogens is 294 g/mol. The molecule has 0 aliphatic heterocycles. The topological polar surface area (TPSA) is 65.8 Å². The second kappa shape index (κ2) is 6.29. The highest BCUT2D eigenvalue weighted by atomic mass is 32.1. The van der Waals surface area contributed by atoms with Gasteiger partial charge in [0, 0.05) is 10.4 Å². The first-order valence-electron chi connectivity index (χ1n) is 7.14. The van der Waals surface area contributed by atoms with Crippen molar-refractivity contribution in [2.75, 3.05) is 5.32 Å². The summed E-state index contributed by atoms with van der Waals surface area (Å²) >= 11 is 1.46. The lowest BCUT2D eigenvalue weighted by Crippen LogP contribution is -2.29. The molecule has 1 aromatic carbocycles. The molecule has 4 nitrogen and oxygen atoms in total. The van der Waals surface area contributed by atoms with E-state index in [9.17, 15) is 4.79 Å². The molecule has 0 radical (unpaired) electrons. The molecule has 0 unspecified atom stereocenters. The number of anilines is 1. The number of amides is 1. The summed E-state index contributed by atoms with van der Waals surface area (Å²) in [5.41, 5.74) is 0.851. The molecule has 0 saturated carbocycles. The first kappa shape index (κ1) is 16.2. The van der Waals surface area contributed by atoms with Crippen molar-refractivity contribution < 1.29 is 4.79 Å². The molecule has 22 heavy (non-hydrogen) atoms. The Morgan fingerprint density at radius 1 is 1.32 bits per heavy atom. The lowest BCUT2D eigenvalue weighted by molar-refractivity contribution is -0.121. The molecule has 0 aliphatic carbocycles. The molecule has 1 N–H and O–H groups in total. The maximum atomic E-state index is 12.1. The molecule has 1 heterocycles. The number of rotatable bonds is 4. The molecule has 2 aromatic rings. The Morgan fingerprint density at radius 3 is 2.50 bits per heavy atom. The van der Waals surface area contributed by atoms with Crippen LogP contribution in [0.15, 0.2) is 30.3 Å². The minimum absolute atomic E-state index is 0.308. The van der Waals surface area contributed by atoms with Gasteiger partial charge in [-0.15, -0.1) is 11.3 Å². The van der Waals surface area contributed by atoms with Gasteiger partial charge < -0.3 is 5.32 Å². The fraction of sp³-hybridized carbons (Fsp3) is 0.353. The van der Waals surface area contributed by atoms with Crippen LogP contribution in [0.5, 0.6) is 0 Å². The second-order valence-electron chi connectivity index (χ2n) is 5.94. The Balaban J connectivity index is 2.37. The molecule has 2 rings (SSSR count). The average Bonchev–Trinajstić information content (AvgIpc) is 2.92. The van der Waals surface area contributed by atoms with Crippen LogP contribution in [0.25, 0.3) is 11.3 Å². The fourth-order valence-corrected chi connectivity index (χ4v) is 2.87. The van der Waals surface area contributed by atoms with Crippen molar-refractivity contribution in [1.29, 1.82) is 5.26 Å². The highest BCUT2D eigenvalue weighted by molar-refractivity contribution is 7.16. The van der Waals surface area contributed by atoms with Crippen molar-refractivity contribution >= 4 is 22.4 Å². The smallest absolute Gasteiger partial charge is 0.246 e. The Labute approximate surface area is 134 Å². The first-order valence-corrected chi connectivity index (χ1v) is 7.95. The molecule has 0 fully saturated rings. The third-order valence-electron chi connectivity index (χ3n) is 3.29. The normalized spacial score (nSPS) is 11.3. The summed E-state index contributed by atoms with van der Waals surface area (Å²) in [5, 5.41) is 12.3. The molecular formula is C17H19N3OS. The number of hydrogen-bond acceptors (Lipinski definition) is 4. The Morgan fingerprint density at radius 2 is 1.95 bits per heavy atom. The van der Waals surface area contributed by atoms with Crippen LogP contribution in [0.4, 0.5) is 5.13 Å². The summed E-state index contributed by atoms with van der Waals surface area (Å²) in [4.78, 5) is 17.8. The van der Waals surface area contributed by atoms with Gasteiger partial charge in [0.1, 0.15) is 5.41 Å². The van der Waals surface area contributed by atoms with E-state index in [4.69, 9.17) is 5.26 Å². The van der Waals surface area contributed by atoms with Crippen molar-refractivity contribution in [2.24, 2.45) is 5.41 Å². The Bertz CT molecular complexity index is 711. The number of aromatic nitrogens is 1. The van der Waals surface area contributed by atoms with Gasteiger partial charge in [-0.05, 0) is 19.8 Å². The lowest BCUT2D eigenvalue weighted by Gasteiger charge is -2.12. The number of nitrogens with one attached hydrogen (secondary N) is 1. The van der Waals surface area contributed by atoms with Gasteiger partial charge in [0.05, 0.1) is 11.8 Å². The molecule has 0 atom stereocenters. The minimum Gasteiger partial charge on any atom is -0.301 e. The van der Waals surface area contributed by atoms with Gasteiger partial charge in [0.25, 0.3) is 0 Å². The molecule has 1 amide bonds. The van der Waals surface area contributed by atoms with Gasteiger partial charge >= 0.3 is 0 Å². The van der Waals surface area contributed by atoms with E-state index in [1.54, 1.807) is 13.8 Å². The van der Waals surface area contributed by atoms with E-state index in [1.165, 1.54) is 11.3 Å². The highest BCUT2D eigenvalue weighted by Crippen LogP contribution is 2.36. The number of carbonyl (C=O) groups excluding carboxylic acids is 1. The maximum absolute atomic E-state index is 12.1. The number of benzene rings is 1. The van der Waals surface area contributed by atoms with Crippen molar-refractivity contribution in [3.05, 3.63) is 35.2 Å². The van der Waals surface area contributed by atoms with E-state index >= 15 is 0 Å². The standard InChI is InChI=1S/C17H19N3OS/c1-11(2)14-13(12-8-6-5-7-9-12)19-16(22-14)20-15(21)17(3,4)10-18/h5-9,11H,1-4H3,(H,19,20,21). The molecule has 0 aliphatic rings. The summed E-state index contributed by atoms with van der Waals surface area (Å²) in [6, 6.07) is 11.9. The Hall–Kier alpha value is -2.19. The molecule has 0 spiro atoms. The summed E-state index contributed by atoms with van der Waals surface area (Å²) in [5.74, 6) is -0.0268. The zero-order valence-corrected chi connectivity index (χ0v) is 14.0. The monoisotopic (exact) mass is 313 g/mol.